The Balaban J connectivity index is 1.25. The second-order valence-electron chi connectivity index (χ2n) is 8.73. The Kier molecular flexibility index (Phi) is 7.61. The predicted molar refractivity (Wildman–Crippen MR) is 131 cm³/mol. The molecule has 0 bridgehead atoms. The molecule has 1 heterocycles. The van der Waals surface area contributed by atoms with E-state index in [1.807, 2.05) is 0 Å². The molecule has 1 fully saturated rings. The van der Waals surface area contributed by atoms with Crippen LogP contribution in [0.2, 0.25) is 5.02 Å². The quantitative estimate of drug-likeness (QED) is 0.539. The first-order valence-corrected chi connectivity index (χ1v) is 13.4. The lowest BCUT2D eigenvalue weighted by Gasteiger charge is -2.22. The largest absolute Gasteiger partial charge is 0.337 e. The summed E-state index contributed by atoms with van der Waals surface area (Å²) in [4.78, 5) is 38.1. The average Bonchev–Trinajstić information content (AvgIpc) is 3.15. The number of hydrogen-bond donors (Lipinski definition) is 3. The van der Waals surface area contributed by atoms with Gasteiger partial charge < -0.3 is 10.6 Å². The minimum absolute atomic E-state index is 0.000595. The van der Waals surface area contributed by atoms with Crippen LogP contribution < -0.4 is 15.4 Å². The summed E-state index contributed by atoms with van der Waals surface area (Å²) in [6.07, 6.45) is 5.32. The van der Waals surface area contributed by atoms with Gasteiger partial charge in [-0.3, -0.25) is 9.69 Å². The summed E-state index contributed by atoms with van der Waals surface area (Å²) in [6, 6.07) is 9.81. The topological polar surface area (TPSA) is 125 Å². The molecule has 11 heteroatoms. The summed E-state index contributed by atoms with van der Waals surface area (Å²) in [7, 11) is -3.99. The van der Waals surface area contributed by atoms with Crippen molar-refractivity contribution < 1.29 is 22.8 Å². The first-order valence-electron chi connectivity index (χ1n) is 11.5. The molecule has 0 unspecified atom stereocenters. The summed E-state index contributed by atoms with van der Waals surface area (Å²) in [6.45, 7) is 0.443. The Hall–Kier alpha value is -3.11. The van der Waals surface area contributed by atoms with Crippen LogP contribution in [0.25, 0.3) is 0 Å². The molecule has 0 spiro atoms. The molecule has 0 saturated heterocycles. The van der Waals surface area contributed by atoms with Gasteiger partial charge in [0.05, 0.1) is 11.4 Å². The minimum atomic E-state index is -3.99. The van der Waals surface area contributed by atoms with Gasteiger partial charge in [-0.1, -0.05) is 49.1 Å². The molecule has 2 aliphatic rings. The third kappa shape index (κ3) is 6.12. The van der Waals surface area contributed by atoms with E-state index in [0.717, 1.165) is 48.1 Å². The summed E-state index contributed by atoms with van der Waals surface area (Å²) < 4.78 is 27.1. The molecule has 3 N–H and O–H groups in total. The maximum atomic E-state index is 12.5. The Labute approximate surface area is 209 Å². The van der Waals surface area contributed by atoms with Crippen LogP contribution in [-0.2, 0) is 23.0 Å². The van der Waals surface area contributed by atoms with Crippen molar-refractivity contribution in [3.05, 3.63) is 64.2 Å². The molecule has 35 heavy (non-hydrogen) atoms. The van der Waals surface area contributed by atoms with Gasteiger partial charge in [0.15, 0.2) is 0 Å². The molecule has 5 amide bonds. The van der Waals surface area contributed by atoms with Crippen LogP contribution in [0.1, 0.15) is 53.6 Å². The molecule has 1 saturated carbocycles. The smallest absolute Gasteiger partial charge is 0.328 e. The zero-order valence-corrected chi connectivity index (χ0v) is 20.6. The summed E-state index contributed by atoms with van der Waals surface area (Å²) in [5, 5.41) is 5.87. The fourth-order valence-corrected chi connectivity index (χ4v) is 5.41. The molecule has 1 aliphatic carbocycles. The molecule has 0 atom stereocenters. The van der Waals surface area contributed by atoms with E-state index in [2.05, 4.69) is 15.4 Å². The minimum Gasteiger partial charge on any atom is -0.337 e. The van der Waals surface area contributed by atoms with Crippen LogP contribution >= 0.6 is 11.6 Å². The van der Waals surface area contributed by atoms with Crippen LogP contribution in [0.4, 0.5) is 9.59 Å². The lowest BCUT2D eigenvalue weighted by molar-refractivity contribution is 0.0821. The highest BCUT2D eigenvalue weighted by Gasteiger charge is 2.32. The maximum absolute atomic E-state index is 12.5. The Bertz CT molecular complexity index is 1230. The molecule has 2 aromatic rings. The molecular weight excluding hydrogens is 492 g/mol. The van der Waals surface area contributed by atoms with E-state index >= 15 is 0 Å². The van der Waals surface area contributed by atoms with Crippen molar-refractivity contribution in [2.24, 2.45) is 0 Å². The molecule has 4 rings (SSSR count). The van der Waals surface area contributed by atoms with E-state index < -0.39 is 28.0 Å². The fraction of sp³-hybridized carbons (Fsp3) is 0.375. The molecule has 9 nitrogen and oxygen atoms in total. The Morgan fingerprint density at radius 1 is 1.03 bits per heavy atom. The number of rotatable bonds is 6. The number of sulfonamides is 1. The number of imide groups is 1. The van der Waals surface area contributed by atoms with Crippen LogP contribution in [0.3, 0.4) is 0 Å². The number of benzene rings is 2. The lowest BCUT2D eigenvalue weighted by Crippen LogP contribution is -2.45. The van der Waals surface area contributed by atoms with Gasteiger partial charge >= 0.3 is 12.1 Å². The number of halogens is 1. The maximum Gasteiger partial charge on any atom is 0.328 e. The van der Waals surface area contributed by atoms with Gasteiger partial charge in [-0.2, -0.15) is 0 Å². The third-order valence-electron chi connectivity index (χ3n) is 6.21. The van der Waals surface area contributed by atoms with Crippen LogP contribution in [0, 0.1) is 0 Å². The Morgan fingerprint density at radius 2 is 1.74 bits per heavy atom. The van der Waals surface area contributed by atoms with Gasteiger partial charge in [0.1, 0.15) is 0 Å². The lowest BCUT2D eigenvalue weighted by atomic mass is 9.96. The van der Waals surface area contributed by atoms with Crippen molar-refractivity contribution in [2.45, 2.75) is 56.0 Å². The number of carbonyl (C=O) groups excluding carboxylic acids is 3. The van der Waals surface area contributed by atoms with E-state index in [9.17, 15) is 22.8 Å². The van der Waals surface area contributed by atoms with Crippen LogP contribution in [0.15, 0.2) is 47.4 Å². The van der Waals surface area contributed by atoms with Gasteiger partial charge in [0, 0.05) is 23.2 Å². The van der Waals surface area contributed by atoms with E-state index in [1.54, 1.807) is 30.3 Å². The number of amides is 5. The first-order chi connectivity index (χ1) is 16.7. The van der Waals surface area contributed by atoms with Gasteiger partial charge in [-0.05, 0) is 54.7 Å². The van der Waals surface area contributed by atoms with E-state index in [0.29, 0.717) is 17.0 Å². The van der Waals surface area contributed by atoms with Gasteiger partial charge in [0.25, 0.3) is 15.9 Å². The number of urea groups is 2. The van der Waals surface area contributed by atoms with E-state index in [-0.39, 0.29) is 24.0 Å². The summed E-state index contributed by atoms with van der Waals surface area (Å²) in [5.41, 5.74) is 1.96. The van der Waals surface area contributed by atoms with Crippen molar-refractivity contribution in [3.8, 4) is 0 Å². The highest BCUT2D eigenvalue weighted by molar-refractivity contribution is 7.90. The zero-order valence-electron chi connectivity index (χ0n) is 19.1. The molecule has 1 aliphatic heterocycles. The molecular formula is C24H27ClN4O5S. The number of fused-ring (bicyclic) bond motifs is 1. The number of hydrogen-bond acceptors (Lipinski definition) is 5. The predicted octanol–water partition coefficient (Wildman–Crippen LogP) is 3.57. The Morgan fingerprint density at radius 3 is 2.46 bits per heavy atom. The number of nitrogens with zero attached hydrogens (tertiary/aromatic N) is 1. The summed E-state index contributed by atoms with van der Waals surface area (Å²) >= 11 is 5.94. The number of nitrogens with one attached hydrogen (secondary N) is 3. The molecule has 0 aromatic heterocycles. The SMILES string of the molecule is O=C(NC1CCCCC1)NS(=O)(=O)c1ccc(CCNC(=O)N2Cc3ccc(Cl)cc3C2=O)cc1. The zero-order chi connectivity index (χ0) is 25.0. The van der Waals surface area contributed by atoms with Gasteiger partial charge in [0.2, 0.25) is 0 Å². The first kappa shape index (κ1) is 25.0. The highest BCUT2D eigenvalue weighted by atomic mass is 35.5. The summed E-state index contributed by atoms with van der Waals surface area (Å²) in [5.74, 6) is -0.394. The van der Waals surface area contributed by atoms with Crippen LogP contribution in [0.5, 0.6) is 0 Å². The van der Waals surface area contributed by atoms with Gasteiger partial charge in [-0.15, -0.1) is 0 Å². The average molecular weight is 519 g/mol. The molecule has 186 valence electrons. The second kappa shape index (κ2) is 10.7. The number of carbonyl (C=O) groups is 3. The van der Waals surface area contributed by atoms with Crippen molar-refractivity contribution >= 4 is 39.6 Å². The van der Waals surface area contributed by atoms with Crippen molar-refractivity contribution in [3.63, 3.8) is 0 Å². The molecule has 0 radical (unpaired) electrons. The van der Waals surface area contributed by atoms with Crippen molar-refractivity contribution in [1.29, 1.82) is 0 Å². The van der Waals surface area contributed by atoms with E-state index in [1.165, 1.54) is 12.1 Å². The fourth-order valence-electron chi connectivity index (χ4n) is 4.32. The second-order valence-corrected chi connectivity index (χ2v) is 10.9. The third-order valence-corrected chi connectivity index (χ3v) is 7.79. The van der Waals surface area contributed by atoms with Crippen LogP contribution in [-0.4, -0.2) is 43.9 Å². The normalized spacial score (nSPS) is 16.0. The highest BCUT2D eigenvalue weighted by Crippen LogP contribution is 2.25. The standard InChI is InChI=1S/C24H27ClN4O5S/c25-18-9-8-17-15-29(22(30)21(17)14-18)24(32)26-13-12-16-6-10-20(11-7-16)35(33,34)28-23(31)27-19-4-2-1-3-5-19/h6-11,14,19H,1-5,12-13,15H2,(H,26,32)(H2,27,28,31). The van der Waals surface area contributed by atoms with Crippen molar-refractivity contribution in [1.82, 2.24) is 20.3 Å². The molecule has 2 aromatic carbocycles. The van der Waals surface area contributed by atoms with E-state index in [4.69, 9.17) is 11.6 Å². The van der Waals surface area contributed by atoms with Gasteiger partial charge in [-0.25, -0.2) is 22.7 Å². The monoisotopic (exact) mass is 518 g/mol. The van der Waals surface area contributed by atoms with Crippen molar-refractivity contribution in [2.75, 3.05) is 6.54 Å².